The standard InChI is InChI=1S/C23H31ClN6S/c1-15(2)8-9-17-12-18(24)14-19(13-17)31-23-29-20(21(25)26-5)22(27-6)30(23)11-7-10-28-16(3)4/h12-16,28H,6-7,10-11H2,1-5H3,(H2,25,26). The van der Waals surface area contributed by atoms with Crippen LogP contribution in [0.15, 0.2) is 38.2 Å². The Morgan fingerprint density at radius 1 is 1.32 bits per heavy atom. The summed E-state index contributed by atoms with van der Waals surface area (Å²) in [5.41, 5.74) is 7.50. The van der Waals surface area contributed by atoms with Crippen LogP contribution in [0.3, 0.4) is 0 Å². The van der Waals surface area contributed by atoms with E-state index < -0.39 is 0 Å². The number of imidazole rings is 1. The molecule has 2 aromatic rings. The fraction of sp³-hybridized carbons (Fsp3) is 0.435. The van der Waals surface area contributed by atoms with E-state index in [9.17, 15) is 0 Å². The maximum Gasteiger partial charge on any atom is 0.175 e. The molecule has 0 fully saturated rings. The molecule has 0 bridgehead atoms. The van der Waals surface area contributed by atoms with E-state index in [0.717, 1.165) is 35.1 Å². The van der Waals surface area contributed by atoms with E-state index >= 15 is 0 Å². The van der Waals surface area contributed by atoms with Gasteiger partial charge in [0.2, 0.25) is 0 Å². The lowest BCUT2D eigenvalue weighted by Crippen LogP contribution is -2.24. The Morgan fingerprint density at radius 2 is 2.06 bits per heavy atom. The Morgan fingerprint density at radius 3 is 2.68 bits per heavy atom. The second-order valence-electron chi connectivity index (χ2n) is 7.65. The summed E-state index contributed by atoms with van der Waals surface area (Å²) in [5.74, 6) is 7.60. The molecule has 0 saturated heterocycles. The van der Waals surface area contributed by atoms with Crippen molar-refractivity contribution in [2.24, 2.45) is 21.6 Å². The predicted octanol–water partition coefficient (Wildman–Crippen LogP) is 4.75. The number of aliphatic imine (C=N–C) groups is 2. The molecule has 0 spiro atoms. The maximum absolute atomic E-state index is 6.36. The summed E-state index contributed by atoms with van der Waals surface area (Å²) in [6.07, 6.45) is 0.911. The van der Waals surface area contributed by atoms with Gasteiger partial charge in [0.15, 0.2) is 16.7 Å². The topological polar surface area (TPSA) is 80.6 Å². The van der Waals surface area contributed by atoms with E-state index in [1.165, 1.54) is 11.8 Å². The highest BCUT2D eigenvalue weighted by molar-refractivity contribution is 7.99. The highest BCUT2D eigenvalue weighted by atomic mass is 35.5. The van der Waals surface area contributed by atoms with Crippen molar-refractivity contribution < 1.29 is 0 Å². The number of benzene rings is 1. The fourth-order valence-corrected chi connectivity index (χ4v) is 4.10. The van der Waals surface area contributed by atoms with Gasteiger partial charge in [-0.25, -0.2) is 9.98 Å². The van der Waals surface area contributed by atoms with Crippen LogP contribution >= 0.6 is 23.4 Å². The highest BCUT2D eigenvalue weighted by Crippen LogP contribution is 2.34. The quantitative estimate of drug-likeness (QED) is 0.246. The smallest absolute Gasteiger partial charge is 0.175 e. The minimum Gasteiger partial charge on any atom is -0.382 e. The van der Waals surface area contributed by atoms with Gasteiger partial charge in [-0.15, -0.1) is 0 Å². The average molecular weight is 459 g/mol. The van der Waals surface area contributed by atoms with E-state index in [0.29, 0.717) is 28.4 Å². The number of nitrogens with zero attached hydrogens (tertiary/aromatic N) is 4. The van der Waals surface area contributed by atoms with Crippen molar-refractivity contribution in [2.75, 3.05) is 13.6 Å². The van der Waals surface area contributed by atoms with Crippen LogP contribution in [-0.2, 0) is 6.54 Å². The number of rotatable bonds is 9. The van der Waals surface area contributed by atoms with Gasteiger partial charge >= 0.3 is 0 Å². The van der Waals surface area contributed by atoms with E-state index in [4.69, 9.17) is 22.3 Å². The van der Waals surface area contributed by atoms with Crippen LogP contribution in [0.25, 0.3) is 0 Å². The lowest BCUT2D eigenvalue weighted by atomic mass is 10.2. The van der Waals surface area contributed by atoms with Gasteiger partial charge < -0.3 is 15.6 Å². The van der Waals surface area contributed by atoms with Crippen molar-refractivity contribution in [3.05, 3.63) is 34.5 Å². The molecule has 0 amide bonds. The summed E-state index contributed by atoms with van der Waals surface area (Å²) in [6, 6.07) is 6.23. The first kappa shape index (κ1) is 25.0. The number of amidine groups is 1. The van der Waals surface area contributed by atoms with Gasteiger partial charge in [-0.1, -0.05) is 62.9 Å². The largest absolute Gasteiger partial charge is 0.382 e. The summed E-state index contributed by atoms with van der Waals surface area (Å²) in [4.78, 5) is 14.0. The third-order valence-corrected chi connectivity index (χ3v) is 5.42. The zero-order valence-electron chi connectivity index (χ0n) is 18.9. The molecule has 0 aliphatic rings. The zero-order chi connectivity index (χ0) is 23.0. The molecule has 166 valence electrons. The Kier molecular flexibility index (Phi) is 9.63. The lowest BCUT2D eigenvalue weighted by Gasteiger charge is -2.12. The molecule has 1 aromatic carbocycles. The Bertz CT molecular complexity index is 997. The van der Waals surface area contributed by atoms with Crippen molar-refractivity contribution in [3.8, 4) is 11.8 Å². The lowest BCUT2D eigenvalue weighted by molar-refractivity contribution is 0.522. The van der Waals surface area contributed by atoms with E-state index in [-0.39, 0.29) is 5.92 Å². The Balaban J connectivity index is 2.41. The number of nitrogens with two attached hydrogens (primary N) is 1. The SMILES string of the molecule is C=Nc1c(/C(N)=N\C)nc(Sc2cc(Cl)cc(C#CC(C)C)c2)n1CCCNC(C)C. The van der Waals surface area contributed by atoms with Gasteiger partial charge in [-0.2, -0.15) is 0 Å². The third kappa shape index (κ3) is 7.42. The number of hydrogen-bond acceptors (Lipinski definition) is 5. The van der Waals surface area contributed by atoms with Crippen molar-refractivity contribution in [1.29, 1.82) is 0 Å². The van der Waals surface area contributed by atoms with Crippen LogP contribution in [0, 0.1) is 17.8 Å². The summed E-state index contributed by atoms with van der Waals surface area (Å²) in [5, 5.41) is 4.83. The number of nitrogens with one attached hydrogen (secondary N) is 1. The molecule has 31 heavy (non-hydrogen) atoms. The van der Waals surface area contributed by atoms with E-state index in [1.807, 2.05) is 22.8 Å². The second kappa shape index (κ2) is 11.9. The Hall–Kier alpha value is -2.27. The molecule has 8 heteroatoms. The van der Waals surface area contributed by atoms with Gasteiger partial charge in [0, 0.05) is 41.0 Å². The summed E-state index contributed by atoms with van der Waals surface area (Å²) >= 11 is 7.86. The second-order valence-corrected chi connectivity index (χ2v) is 9.13. The molecular formula is C23H31ClN6S. The molecule has 3 N–H and O–H groups in total. The van der Waals surface area contributed by atoms with Crippen LogP contribution in [-0.4, -0.2) is 41.7 Å². The number of aromatic nitrogens is 2. The molecule has 0 radical (unpaired) electrons. The van der Waals surface area contributed by atoms with Crippen LogP contribution in [0.4, 0.5) is 5.82 Å². The molecular weight excluding hydrogens is 428 g/mol. The van der Waals surface area contributed by atoms with Gasteiger partial charge in [0.05, 0.1) is 0 Å². The Labute approximate surface area is 194 Å². The van der Waals surface area contributed by atoms with Crippen molar-refractivity contribution >= 4 is 41.7 Å². The minimum atomic E-state index is 0.286. The molecule has 2 rings (SSSR count). The molecule has 6 nitrogen and oxygen atoms in total. The van der Waals surface area contributed by atoms with Crippen LogP contribution in [0.2, 0.25) is 5.02 Å². The van der Waals surface area contributed by atoms with Crippen molar-refractivity contribution in [1.82, 2.24) is 14.9 Å². The number of halogens is 1. The van der Waals surface area contributed by atoms with Gasteiger partial charge in [0.1, 0.15) is 5.84 Å². The first-order valence-corrected chi connectivity index (χ1v) is 11.5. The molecule has 1 aromatic heterocycles. The molecule has 0 aliphatic carbocycles. The van der Waals surface area contributed by atoms with Gasteiger partial charge in [0.25, 0.3) is 0 Å². The molecule has 1 heterocycles. The maximum atomic E-state index is 6.36. The molecule has 0 saturated carbocycles. The summed E-state index contributed by atoms with van der Waals surface area (Å²) < 4.78 is 2.04. The summed E-state index contributed by atoms with van der Waals surface area (Å²) in [6.45, 7) is 13.7. The van der Waals surface area contributed by atoms with Gasteiger partial charge in [-0.3, -0.25) is 4.99 Å². The van der Waals surface area contributed by atoms with Crippen LogP contribution < -0.4 is 11.1 Å². The fourth-order valence-electron chi connectivity index (χ4n) is 2.80. The monoisotopic (exact) mass is 458 g/mol. The van der Waals surface area contributed by atoms with Crippen molar-refractivity contribution in [2.45, 2.75) is 56.8 Å². The molecule has 0 aliphatic heterocycles. The molecule has 0 unspecified atom stereocenters. The van der Waals surface area contributed by atoms with E-state index in [2.05, 4.69) is 61.6 Å². The zero-order valence-corrected chi connectivity index (χ0v) is 20.4. The minimum absolute atomic E-state index is 0.286. The number of hydrogen-bond donors (Lipinski definition) is 2. The highest BCUT2D eigenvalue weighted by Gasteiger charge is 2.20. The van der Waals surface area contributed by atoms with Crippen LogP contribution in [0.5, 0.6) is 0 Å². The predicted molar refractivity (Wildman–Crippen MR) is 133 cm³/mol. The first-order valence-electron chi connectivity index (χ1n) is 10.3. The third-order valence-electron chi connectivity index (χ3n) is 4.24. The normalized spacial score (nSPS) is 11.7. The van der Waals surface area contributed by atoms with E-state index in [1.54, 1.807) is 7.05 Å². The average Bonchev–Trinajstić information content (AvgIpc) is 3.05. The van der Waals surface area contributed by atoms with Crippen LogP contribution in [0.1, 0.15) is 45.4 Å². The summed E-state index contributed by atoms with van der Waals surface area (Å²) in [7, 11) is 1.64. The van der Waals surface area contributed by atoms with Gasteiger partial charge in [-0.05, 0) is 37.9 Å². The van der Waals surface area contributed by atoms with Crippen molar-refractivity contribution in [3.63, 3.8) is 0 Å². The molecule has 0 atom stereocenters. The first-order chi connectivity index (χ1) is 14.7.